The zero-order valence-electron chi connectivity index (χ0n) is 19.6. The molecule has 14 heteroatoms. The van der Waals surface area contributed by atoms with E-state index in [9.17, 15) is 43.2 Å². The fourth-order valence-corrected chi connectivity index (χ4v) is 7.21. The summed E-state index contributed by atoms with van der Waals surface area (Å²) in [7, 11) is -10.7. The molecule has 4 rings (SSSR count). The van der Waals surface area contributed by atoms with Gasteiger partial charge in [0, 0.05) is 28.9 Å². The molecule has 0 saturated carbocycles. The molecule has 0 aliphatic carbocycles. The van der Waals surface area contributed by atoms with Crippen LogP contribution in [0.4, 0.5) is 26.3 Å². The van der Waals surface area contributed by atoms with E-state index in [1.807, 2.05) is 0 Å². The Labute approximate surface area is 213 Å². The minimum absolute atomic E-state index is 0.0780. The molecule has 1 heterocycles. The SMILES string of the molecule is COc1ccc(-c2c(C[C-](S(=O)(=O)C(F)(F)F)S(=O)(=O)C(F)(F)F)ccc3c2c2ccccc2n3C)cc1. The van der Waals surface area contributed by atoms with Gasteiger partial charge in [0.05, 0.1) is 7.11 Å². The second kappa shape index (κ2) is 9.19. The average molecular weight is 579 g/mol. The largest absolute Gasteiger partial charge is 0.497 e. The second-order valence-electron chi connectivity index (χ2n) is 8.25. The molecular weight excluding hydrogens is 560 g/mol. The van der Waals surface area contributed by atoms with Gasteiger partial charge in [-0.25, -0.2) is 0 Å². The first-order valence-electron chi connectivity index (χ1n) is 10.6. The molecule has 0 bridgehead atoms. The predicted molar refractivity (Wildman–Crippen MR) is 129 cm³/mol. The van der Waals surface area contributed by atoms with Crippen LogP contribution in [0.3, 0.4) is 0 Å². The Morgan fingerprint density at radius 2 is 1.34 bits per heavy atom. The maximum absolute atomic E-state index is 13.4. The third-order valence-corrected chi connectivity index (χ3v) is 10.1. The first-order valence-corrected chi connectivity index (χ1v) is 13.6. The molecule has 3 aromatic carbocycles. The molecule has 0 aliphatic rings. The summed E-state index contributed by atoms with van der Waals surface area (Å²) in [5.41, 5.74) is -11.4. The van der Waals surface area contributed by atoms with Crippen LogP contribution in [-0.4, -0.2) is 39.5 Å². The van der Waals surface area contributed by atoms with Gasteiger partial charge in [-0.3, -0.25) is 16.8 Å². The van der Waals surface area contributed by atoms with Crippen LogP contribution < -0.4 is 4.74 Å². The van der Waals surface area contributed by atoms with Gasteiger partial charge in [-0.15, -0.1) is 6.42 Å². The number of hydrogen-bond donors (Lipinski definition) is 0. The summed E-state index contributed by atoms with van der Waals surface area (Å²) in [4.78, 5) is 0. The van der Waals surface area contributed by atoms with Crippen molar-refractivity contribution in [2.75, 3.05) is 7.11 Å². The van der Waals surface area contributed by atoms with E-state index in [-0.39, 0.29) is 16.7 Å². The highest BCUT2D eigenvalue weighted by Gasteiger charge is 2.53. The van der Waals surface area contributed by atoms with Gasteiger partial charge in [0.1, 0.15) is 25.4 Å². The lowest BCUT2D eigenvalue weighted by Gasteiger charge is -2.32. The lowest BCUT2D eigenvalue weighted by atomic mass is 9.93. The average Bonchev–Trinajstić information content (AvgIpc) is 3.13. The van der Waals surface area contributed by atoms with Crippen molar-refractivity contribution in [2.24, 2.45) is 7.05 Å². The van der Waals surface area contributed by atoms with Crippen molar-refractivity contribution in [3.05, 3.63) is 70.8 Å². The molecule has 0 unspecified atom stereocenters. The van der Waals surface area contributed by atoms with Crippen molar-refractivity contribution in [2.45, 2.75) is 17.4 Å². The number of nitrogens with zero attached hydrogens (tertiary/aromatic N) is 1. The highest BCUT2D eigenvalue weighted by molar-refractivity contribution is 8.13. The van der Waals surface area contributed by atoms with Crippen LogP contribution in [-0.2, 0) is 33.1 Å². The molecule has 0 atom stereocenters. The monoisotopic (exact) mass is 578 g/mol. The van der Waals surface area contributed by atoms with Gasteiger partial charge in [-0.05, 0) is 35.4 Å². The van der Waals surface area contributed by atoms with Crippen LogP contribution in [0.15, 0.2) is 60.7 Å². The van der Waals surface area contributed by atoms with Crippen LogP contribution in [0.2, 0.25) is 0 Å². The number of aromatic nitrogens is 1. The molecule has 38 heavy (non-hydrogen) atoms. The number of halogens is 6. The fourth-order valence-electron chi connectivity index (χ4n) is 4.28. The van der Waals surface area contributed by atoms with E-state index in [4.69, 9.17) is 4.74 Å². The Morgan fingerprint density at radius 3 is 1.87 bits per heavy atom. The van der Waals surface area contributed by atoms with Crippen molar-refractivity contribution >= 4 is 41.5 Å². The number of rotatable bonds is 6. The summed E-state index contributed by atoms with van der Waals surface area (Å²) in [6.07, 6.45) is -1.68. The van der Waals surface area contributed by atoms with Crippen molar-refractivity contribution < 1.29 is 47.9 Å². The number of fused-ring (bicyclic) bond motifs is 3. The summed E-state index contributed by atoms with van der Waals surface area (Å²) in [5, 5.41) is 0.954. The number of sulfone groups is 2. The summed E-state index contributed by atoms with van der Waals surface area (Å²) < 4.78 is 133. The number of benzene rings is 3. The number of hydrogen-bond acceptors (Lipinski definition) is 5. The van der Waals surface area contributed by atoms with Gasteiger partial charge in [0.15, 0.2) is 0 Å². The minimum atomic E-state index is -6.89. The van der Waals surface area contributed by atoms with Crippen LogP contribution >= 0.6 is 0 Å². The van der Waals surface area contributed by atoms with Gasteiger partial charge in [0.25, 0.3) is 0 Å². The van der Waals surface area contributed by atoms with E-state index in [0.29, 0.717) is 27.6 Å². The Hall–Kier alpha value is -3.26. The molecule has 0 aliphatic heterocycles. The van der Waals surface area contributed by atoms with Crippen LogP contribution in [0.25, 0.3) is 32.9 Å². The topological polar surface area (TPSA) is 82.4 Å². The number of methoxy groups -OCH3 is 1. The van der Waals surface area contributed by atoms with Crippen LogP contribution in [0.1, 0.15) is 5.56 Å². The Bertz CT molecular complexity index is 1700. The Morgan fingerprint density at radius 1 is 0.789 bits per heavy atom. The van der Waals surface area contributed by atoms with Gasteiger partial charge in [0.2, 0.25) is 0 Å². The quantitative estimate of drug-likeness (QED) is 0.210. The van der Waals surface area contributed by atoms with Gasteiger partial charge in [-0.2, -0.15) is 26.3 Å². The zero-order valence-corrected chi connectivity index (χ0v) is 21.2. The minimum Gasteiger partial charge on any atom is -0.497 e. The number of ether oxygens (including phenoxy) is 1. The van der Waals surface area contributed by atoms with E-state index < -0.39 is 41.7 Å². The molecular formula is C24H18F6NO5S2-. The molecule has 204 valence electrons. The van der Waals surface area contributed by atoms with Gasteiger partial charge >= 0.3 is 11.0 Å². The van der Waals surface area contributed by atoms with Crippen molar-refractivity contribution in [1.82, 2.24) is 4.57 Å². The molecule has 0 N–H and O–H groups in total. The fraction of sp³-hybridized carbons (Fsp3) is 0.208. The molecule has 1 aromatic heterocycles. The summed E-state index contributed by atoms with van der Waals surface area (Å²) >= 11 is 0. The van der Waals surface area contributed by atoms with E-state index >= 15 is 0 Å². The summed E-state index contributed by atoms with van der Waals surface area (Å²) in [5.74, 6) is 0.395. The van der Waals surface area contributed by atoms with Gasteiger partial charge < -0.3 is 9.30 Å². The van der Waals surface area contributed by atoms with E-state index in [1.165, 1.54) is 37.4 Å². The molecule has 0 fully saturated rings. The first kappa shape index (κ1) is 27.8. The second-order valence-corrected chi connectivity index (χ2v) is 12.4. The summed E-state index contributed by atoms with van der Waals surface area (Å²) in [6, 6.07) is 15.3. The number of alkyl halides is 6. The zero-order chi connectivity index (χ0) is 28.3. The summed E-state index contributed by atoms with van der Waals surface area (Å²) in [6.45, 7) is 0. The predicted octanol–water partition coefficient (Wildman–Crippen LogP) is 5.91. The third-order valence-electron chi connectivity index (χ3n) is 6.09. The molecule has 0 spiro atoms. The molecule has 6 nitrogen and oxygen atoms in total. The standard InChI is InChI=1S/C24H18F6NO5S2/c1-31-18-6-4-3-5-17(18)22-19(31)12-9-15(21(22)14-7-10-16(36-2)11-8-14)13-20(37(32,33)23(25,26)27)38(34,35)24(28,29)30/h3-12H,13H2,1-2H3/q-1. The molecule has 0 amide bonds. The maximum Gasteiger partial charge on any atom is 0.469 e. The lowest BCUT2D eigenvalue weighted by Crippen LogP contribution is -2.40. The van der Waals surface area contributed by atoms with E-state index in [0.717, 1.165) is 6.07 Å². The molecule has 0 radical (unpaired) electrons. The van der Waals surface area contributed by atoms with Crippen LogP contribution in [0, 0.1) is 4.58 Å². The maximum atomic E-state index is 13.4. The first-order chi connectivity index (χ1) is 17.5. The van der Waals surface area contributed by atoms with Crippen molar-refractivity contribution in [3.8, 4) is 16.9 Å². The van der Waals surface area contributed by atoms with Gasteiger partial charge in [-0.1, -0.05) is 46.5 Å². The lowest BCUT2D eigenvalue weighted by molar-refractivity contribution is -0.0455. The Balaban J connectivity index is 2.09. The number of para-hydroxylation sites is 1. The van der Waals surface area contributed by atoms with E-state index in [2.05, 4.69) is 0 Å². The highest BCUT2D eigenvalue weighted by atomic mass is 32.3. The van der Waals surface area contributed by atoms with Crippen molar-refractivity contribution in [3.63, 3.8) is 0 Å². The highest BCUT2D eigenvalue weighted by Crippen LogP contribution is 2.45. The van der Waals surface area contributed by atoms with E-state index in [1.54, 1.807) is 35.9 Å². The van der Waals surface area contributed by atoms with Crippen LogP contribution in [0.5, 0.6) is 5.75 Å². The molecule has 0 saturated heterocycles. The number of aryl methyl sites for hydroxylation is 1. The smallest absolute Gasteiger partial charge is 0.469 e. The Kier molecular flexibility index (Phi) is 6.71. The molecule has 4 aromatic rings. The third kappa shape index (κ3) is 4.38. The van der Waals surface area contributed by atoms with Crippen molar-refractivity contribution in [1.29, 1.82) is 0 Å². The normalized spacial score (nSPS) is 13.5.